The van der Waals surface area contributed by atoms with Crippen molar-refractivity contribution in [3.05, 3.63) is 33.2 Å². The summed E-state index contributed by atoms with van der Waals surface area (Å²) >= 11 is 0. The molecular formula is C14H17NO. The van der Waals surface area contributed by atoms with E-state index in [1.807, 2.05) is 0 Å². The number of H-pyrrole nitrogens is 1. The van der Waals surface area contributed by atoms with Crippen LogP contribution in [0.25, 0.3) is 0 Å². The first-order valence-corrected chi connectivity index (χ1v) is 5.98. The molecular weight excluding hydrogens is 198 g/mol. The molecule has 0 fully saturated rings. The molecule has 1 N–H and O–H groups in total. The number of nitrogens with one attached hydrogen (secondary N) is 1. The predicted octanol–water partition coefficient (Wildman–Crippen LogP) is 2.21. The largest absolute Gasteiger partial charge is 0.326 e. The minimum atomic E-state index is 0.127. The van der Waals surface area contributed by atoms with Gasteiger partial charge in [-0.15, -0.1) is 12.3 Å². The highest BCUT2D eigenvalue weighted by Gasteiger charge is 2.14. The maximum Gasteiger partial charge on any atom is 0.251 e. The molecule has 0 saturated heterocycles. The van der Waals surface area contributed by atoms with Crippen molar-refractivity contribution in [3.8, 4) is 12.3 Å². The normalized spacial score (nSPS) is 13.4. The van der Waals surface area contributed by atoms with Crippen LogP contribution in [0.2, 0.25) is 0 Å². The van der Waals surface area contributed by atoms with E-state index in [0.717, 1.165) is 56.2 Å². The predicted molar refractivity (Wildman–Crippen MR) is 65.5 cm³/mol. The Morgan fingerprint density at radius 2 is 2.25 bits per heavy atom. The molecule has 0 aliphatic heterocycles. The number of aryl methyl sites for hydroxylation is 2. The summed E-state index contributed by atoms with van der Waals surface area (Å²) in [4.78, 5) is 14.7. The summed E-state index contributed by atoms with van der Waals surface area (Å²) in [5, 5.41) is 0. The number of hydrogen-bond acceptors (Lipinski definition) is 1. The van der Waals surface area contributed by atoms with Crippen molar-refractivity contribution >= 4 is 0 Å². The van der Waals surface area contributed by atoms with Crippen LogP contribution in [0.15, 0.2) is 10.9 Å². The summed E-state index contributed by atoms with van der Waals surface area (Å²) in [6, 6.07) is 2.17. The lowest BCUT2D eigenvalue weighted by atomic mass is 10.1. The first kappa shape index (κ1) is 11.0. The molecule has 2 nitrogen and oxygen atoms in total. The third kappa shape index (κ3) is 2.36. The molecule has 84 valence electrons. The average molecular weight is 215 g/mol. The molecule has 0 amide bonds. The summed E-state index contributed by atoms with van der Waals surface area (Å²) in [5.41, 5.74) is 3.47. The molecule has 1 aromatic heterocycles. The smallest absolute Gasteiger partial charge is 0.251 e. The molecule has 0 bridgehead atoms. The molecule has 1 aromatic rings. The van der Waals surface area contributed by atoms with Gasteiger partial charge in [0.1, 0.15) is 0 Å². The Bertz CT molecular complexity index is 465. The van der Waals surface area contributed by atoms with Crippen molar-refractivity contribution in [1.29, 1.82) is 0 Å². The van der Waals surface area contributed by atoms with Gasteiger partial charge in [-0.2, -0.15) is 0 Å². The van der Waals surface area contributed by atoms with Crippen molar-refractivity contribution < 1.29 is 0 Å². The number of pyridine rings is 1. The molecule has 0 unspecified atom stereocenters. The van der Waals surface area contributed by atoms with Crippen LogP contribution in [0.3, 0.4) is 0 Å². The van der Waals surface area contributed by atoms with Crippen molar-refractivity contribution in [1.82, 2.24) is 4.98 Å². The summed E-state index contributed by atoms with van der Waals surface area (Å²) in [6.07, 6.45) is 12.2. The summed E-state index contributed by atoms with van der Waals surface area (Å²) < 4.78 is 0. The van der Waals surface area contributed by atoms with E-state index >= 15 is 0 Å². The Hall–Kier alpha value is -1.49. The van der Waals surface area contributed by atoms with Crippen LogP contribution in [-0.2, 0) is 19.3 Å². The first-order chi connectivity index (χ1) is 7.81. The lowest BCUT2D eigenvalue weighted by Gasteiger charge is -2.04. The number of fused-ring (bicyclic) bond motifs is 1. The van der Waals surface area contributed by atoms with Crippen LogP contribution in [-0.4, -0.2) is 4.98 Å². The highest BCUT2D eigenvalue weighted by atomic mass is 16.1. The Morgan fingerprint density at radius 3 is 3.06 bits per heavy atom. The van der Waals surface area contributed by atoms with Crippen LogP contribution in [0.5, 0.6) is 0 Å². The van der Waals surface area contributed by atoms with E-state index in [0.29, 0.717) is 0 Å². The summed E-state index contributed by atoms with van der Waals surface area (Å²) in [7, 11) is 0. The lowest BCUT2D eigenvalue weighted by Crippen LogP contribution is -2.14. The van der Waals surface area contributed by atoms with Crippen LogP contribution in [0.1, 0.15) is 42.5 Å². The van der Waals surface area contributed by atoms with Gasteiger partial charge in [0, 0.05) is 17.7 Å². The molecule has 1 heterocycles. The van der Waals surface area contributed by atoms with E-state index in [9.17, 15) is 4.79 Å². The van der Waals surface area contributed by atoms with Gasteiger partial charge in [-0.25, -0.2) is 0 Å². The molecule has 1 aliphatic carbocycles. The summed E-state index contributed by atoms with van der Waals surface area (Å²) in [6.45, 7) is 0. The van der Waals surface area contributed by atoms with Crippen LogP contribution >= 0.6 is 0 Å². The quantitative estimate of drug-likeness (QED) is 0.606. The van der Waals surface area contributed by atoms with E-state index in [1.165, 1.54) is 5.56 Å². The van der Waals surface area contributed by atoms with Gasteiger partial charge in [0.15, 0.2) is 0 Å². The molecule has 1 aliphatic rings. The van der Waals surface area contributed by atoms with Crippen molar-refractivity contribution in [2.24, 2.45) is 0 Å². The molecule has 0 saturated carbocycles. The molecule has 2 heteroatoms. The zero-order valence-electron chi connectivity index (χ0n) is 9.51. The van der Waals surface area contributed by atoms with E-state index in [2.05, 4.69) is 17.0 Å². The number of aromatic amines is 1. The standard InChI is InChI=1S/C14H17NO/c1-2-3-4-5-8-12-10-11-7-6-9-13(11)14(16)15-12/h1,10H,3-9H2,(H,15,16). The lowest BCUT2D eigenvalue weighted by molar-refractivity contribution is 0.739. The molecule has 2 rings (SSSR count). The number of unbranched alkanes of at least 4 members (excludes halogenated alkanes) is 2. The van der Waals surface area contributed by atoms with Gasteiger partial charge in [0.2, 0.25) is 0 Å². The Kier molecular flexibility index (Phi) is 3.46. The maximum atomic E-state index is 11.7. The van der Waals surface area contributed by atoms with Crippen molar-refractivity contribution in [3.63, 3.8) is 0 Å². The van der Waals surface area contributed by atoms with Gasteiger partial charge in [-0.1, -0.05) is 0 Å². The summed E-state index contributed by atoms with van der Waals surface area (Å²) in [5.74, 6) is 2.64. The van der Waals surface area contributed by atoms with E-state index in [-0.39, 0.29) is 5.56 Å². The van der Waals surface area contributed by atoms with Crippen molar-refractivity contribution in [2.45, 2.75) is 44.9 Å². The number of rotatable bonds is 4. The average Bonchev–Trinajstić information content (AvgIpc) is 2.73. The van der Waals surface area contributed by atoms with Gasteiger partial charge in [0.25, 0.3) is 5.56 Å². The van der Waals surface area contributed by atoms with Gasteiger partial charge < -0.3 is 4.98 Å². The fraction of sp³-hybridized carbons (Fsp3) is 0.500. The minimum Gasteiger partial charge on any atom is -0.326 e. The molecule has 0 aromatic carbocycles. The fourth-order valence-electron chi connectivity index (χ4n) is 2.33. The van der Waals surface area contributed by atoms with Gasteiger partial charge in [-0.3, -0.25) is 4.79 Å². The highest BCUT2D eigenvalue weighted by Crippen LogP contribution is 2.19. The zero-order valence-corrected chi connectivity index (χ0v) is 9.51. The van der Waals surface area contributed by atoms with Crippen LogP contribution in [0.4, 0.5) is 0 Å². The molecule has 0 radical (unpaired) electrons. The van der Waals surface area contributed by atoms with Gasteiger partial charge in [0.05, 0.1) is 0 Å². The van der Waals surface area contributed by atoms with E-state index < -0.39 is 0 Å². The Morgan fingerprint density at radius 1 is 1.38 bits per heavy atom. The highest BCUT2D eigenvalue weighted by molar-refractivity contribution is 5.30. The maximum absolute atomic E-state index is 11.7. The minimum absolute atomic E-state index is 0.127. The Balaban J connectivity index is 2.04. The number of hydrogen-bond donors (Lipinski definition) is 1. The second-order valence-electron chi connectivity index (χ2n) is 4.39. The second-order valence-corrected chi connectivity index (χ2v) is 4.39. The zero-order chi connectivity index (χ0) is 11.4. The first-order valence-electron chi connectivity index (χ1n) is 5.98. The van der Waals surface area contributed by atoms with Crippen LogP contribution < -0.4 is 5.56 Å². The van der Waals surface area contributed by atoms with Crippen molar-refractivity contribution in [2.75, 3.05) is 0 Å². The van der Waals surface area contributed by atoms with Crippen LogP contribution in [0, 0.1) is 12.3 Å². The Labute approximate surface area is 96.1 Å². The van der Waals surface area contributed by atoms with Gasteiger partial charge in [-0.05, 0) is 50.2 Å². The number of aromatic nitrogens is 1. The van der Waals surface area contributed by atoms with E-state index in [1.54, 1.807) is 0 Å². The number of terminal acetylenes is 1. The monoisotopic (exact) mass is 215 g/mol. The SMILES string of the molecule is C#CCCCCc1cc2c(c(=O)[nH]1)CCC2. The van der Waals surface area contributed by atoms with Gasteiger partial charge >= 0.3 is 0 Å². The molecule has 16 heavy (non-hydrogen) atoms. The van der Waals surface area contributed by atoms with E-state index in [4.69, 9.17) is 6.42 Å². The third-order valence-corrected chi connectivity index (χ3v) is 3.17. The third-order valence-electron chi connectivity index (χ3n) is 3.17. The topological polar surface area (TPSA) is 32.9 Å². The fourth-order valence-corrected chi connectivity index (χ4v) is 2.33. The molecule has 0 atom stereocenters. The molecule has 0 spiro atoms. The second kappa shape index (κ2) is 5.03.